The van der Waals surface area contributed by atoms with E-state index in [1.54, 1.807) is 4.88 Å². The Morgan fingerprint density at radius 2 is 2.42 bits per heavy atom. The Morgan fingerprint density at radius 3 is 3.08 bits per heavy atom. The molecule has 0 saturated heterocycles. The molecule has 0 radical (unpaired) electrons. The van der Waals surface area contributed by atoms with E-state index in [0.717, 1.165) is 5.92 Å². The minimum atomic E-state index is 0.724. The van der Waals surface area contributed by atoms with Crippen LogP contribution < -0.4 is 0 Å². The highest BCUT2D eigenvalue weighted by molar-refractivity contribution is 7.11. The first kappa shape index (κ1) is 8.24. The topological polar surface area (TPSA) is 12.9 Å². The molecule has 0 aliphatic heterocycles. The van der Waals surface area contributed by atoms with Gasteiger partial charge < -0.3 is 0 Å². The van der Waals surface area contributed by atoms with Gasteiger partial charge in [-0.05, 0) is 31.6 Å². The highest BCUT2D eigenvalue weighted by atomic mass is 32.1. The first-order valence-corrected chi connectivity index (χ1v) is 5.61. The fourth-order valence-corrected chi connectivity index (χ4v) is 3.09. The standard InChI is InChI=1S/C10H15NS/c1-3-4-9-11-10-7(2)5-6-8(10)12-9/h7H,3-6H2,1-2H3. The Kier molecular flexibility index (Phi) is 2.18. The molecular weight excluding hydrogens is 166 g/mol. The number of thiazole rings is 1. The molecule has 12 heavy (non-hydrogen) atoms. The van der Waals surface area contributed by atoms with Gasteiger partial charge in [0.15, 0.2) is 0 Å². The molecular formula is C10H15NS. The van der Waals surface area contributed by atoms with Gasteiger partial charge in [-0.25, -0.2) is 4.98 Å². The van der Waals surface area contributed by atoms with Crippen molar-refractivity contribution in [3.63, 3.8) is 0 Å². The second kappa shape index (κ2) is 3.17. The molecule has 2 rings (SSSR count). The molecule has 1 atom stereocenters. The van der Waals surface area contributed by atoms with Crippen LogP contribution in [0.4, 0.5) is 0 Å². The number of rotatable bonds is 2. The summed E-state index contributed by atoms with van der Waals surface area (Å²) >= 11 is 1.94. The van der Waals surface area contributed by atoms with E-state index < -0.39 is 0 Å². The molecule has 0 fully saturated rings. The van der Waals surface area contributed by atoms with E-state index in [2.05, 4.69) is 18.8 Å². The van der Waals surface area contributed by atoms with Gasteiger partial charge in [0.25, 0.3) is 0 Å². The number of aromatic nitrogens is 1. The summed E-state index contributed by atoms with van der Waals surface area (Å²) in [7, 11) is 0. The van der Waals surface area contributed by atoms with Gasteiger partial charge in [-0.2, -0.15) is 0 Å². The summed E-state index contributed by atoms with van der Waals surface area (Å²) in [6.45, 7) is 4.51. The van der Waals surface area contributed by atoms with Crippen LogP contribution in [0, 0.1) is 0 Å². The zero-order chi connectivity index (χ0) is 8.55. The molecule has 2 heteroatoms. The predicted molar refractivity (Wildman–Crippen MR) is 52.8 cm³/mol. The van der Waals surface area contributed by atoms with Crippen molar-refractivity contribution in [2.24, 2.45) is 0 Å². The van der Waals surface area contributed by atoms with E-state index in [-0.39, 0.29) is 0 Å². The first-order chi connectivity index (χ1) is 5.81. The maximum atomic E-state index is 4.68. The molecule has 0 spiro atoms. The van der Waals surface area contributed by atoms with Crippen LogP contribution >= 0.6 is 11.3 Å². The number of aryl methyl sites for hydroxylation is 2. The van der Waals surface area contributed by atoms with Crippen LogP contribution in [0.15, 0.2) is 0 Å². The first-order valence-electron chi connectivity index (χ1n) is 4.79. The van der Waals surface area contributed by atoms with Crippen LogP contribution in [0.1, 0.15) is 48.2 Å². The van der Waals surface area contributed by atoms with Crippen LogP contribution in [-0.4, -0.2) is 4.98 Å². The van der Waals surface area contributed by atoms with Gasteiger partial charge >= 0.3 is 0 Å². The lowest BCUT2D eigenvalue weighted by atomic mass is 10.1. The monoisotopic (exact) mass is 181 g/mol. The largest absolute Gasteiger partial charge is 0.246 e. The van der Waals surface area contributed by atoms with E-state index in [4.69, 9.17) is 0 Å². The second-order valence-electron chi connectivity index (χ2n) is 3.61. The van der Waals surface area contributed by atoms with Crippen LogP contribution in [0.2, 0.25) is 0 Å². The predicted octanol–water partition coefficient (Wildman–Crippen LogP) is 3.15. The normalized spacial score (nSPS) is 21.3. The number of nitrogens with zero attached hydrogens (tertiary/aromatic N) is 1. The Bertz CT molecular complexity index is 277. The van der Waals surface area contributed by atoms with Crippen molar-refractivity contribution in [2.45, 2.75) is 45.4 Å². The molecule has 0 bridgehead atoms. The summed E-state index contributed by atoms with van der Waals surface area (Å²) < 4.78 is 0. The molecule has 1 aromatic heterocycles. The van der Waals surface area contributed by atoms with Crippen LogP contribution in [-0.2, 0) is 12.8 Å². The third-order valence-corrected chi connectivity index (χ3v) is 3.70. The summed E-state index contributed by atoms with van der Waals surface area (Å²) in [5.41, 5.74) is 1.41. The molecule has 1 aromatic rings. The van der Waals surface area contributed by atoms with Crippen LogP contribution in [0.5, 0.6) is 0 Å². The third kappa shape index (κ3) is 1.28. The third-order valence-electron chi connectivity index (χ3n) is 2.51. The maximum absolute atomic E-state index is 4.68. The maximum Gasteiger partial charge on any atom is 0.0931 e. The van der Waals surface area contributed by atoms with Gasteiger partial charge in [0.1, 0.15) is 0 Å². The van der Waals surface area contributed by atoms with E-state index in [1.165, 1.54) is 36.4 Å². The minimum Gasteiger partial charge on any atom is -0.246 e. The summed E-state index contributed by atoms with van der Waals surface area (Å²) in [4.78, 5) is 6.24. The molecule has 66 valence electrons. The minimum absolute atomic E-state index is 0.724. The molecule has 1 aliphatic rings. The van der Waals surface area contributed by atoms with Gasteiger partial charge in [-0.1, -0.05) is 13.8 Å². The van der Waals surface area contributed by atoms with Gasteiger partial charge in [-0.15, -0.1) is 11.3 Å². The van der Waals surface area contributed by atoms with Gasteiger partial charge in [0.2, 0.25) is 0 Å². The summed E-state index contributed by atoms with van der Waals surface area (Å²) in [5.74, 6) is 0.724. The zero-order valence-corrected chi connectivity index (χ0v) is 8.58. The smallest absolute Gasteiger partial charge is 0.0931 e. The summed E-state index contributed by atoms with van der Waals surface area (Å²) in [6, 6.07) is 0. The van der Waals surface area contributed by atoms with Gasteiger partial charge in [0.05, 0.1) is 10.7 Å². The van der Waals surface area contributed by atoms with Gasteiger partial charge in [-0.3, -0.25) is 0 Å². The van der Waals surface area contributed by atoms with E-state index in [1.807, 2.05) is 11.3 Å². The highest BCUT2D eigenvalue weighted by Gasteiger charge is 2.22. The Labute approximate surface area is 77.8 Å². The number of hydrogen-bond donors (Lipinski definition) is 0. The van der Waals surface area contributed by atoms with Gasteiger partial charge in [0, 0.05) is 4.88 Å². The molecule has 0 amide bonds. The average molecular weight is 181 g/mol. The lowest BCUT2D eigenvalue weighted by molar-refractivity contribution is 0.725. The lowest BCUT2D eigenvalue weighted by Crippen LogP contribution is -1.89. The van der Waals surface area contributed by atoms with Crippen molar-refractivity contribution in [1.29, 1.82) is 0 Å². The fraction of sp³-hybridized carbons (Fsp3) is 0.700. The number of hydrogen-bond acceptors (Lipinski definition) is 2. The Balaban J connectivity index is 2.24. The Hall–Kier alpha value is -0.370. The molecule has 1 nitrogen and oxygen atoms in total. The molecule has 1 aliphatic carbocycles. The van der Waals surface area contributed by atoms with Crippen molar-refractivity contribution in [3.8, 4) is 0 Å². The zero-order valence-electron chi connectivity index (χ0n) is 7.76. The molecule has 1 heterocycles. The van der Waals surface area contributed by atoms with Crippen molar-refractivity contribution in [2.75, 3.05) is 0 Å². The van der Waals surface area contributed by atoms with Crippen molar-refractivity contribution >= 4 is 11.3 Å². The molecule has 0 N–H and O–H groups in total. The lowest BCUT2D eigenvalue weighted by Gasteiger charge is -1.97. The number of fused-ring (bicyclic) bond motifs is 1. The van der Waals surface area contributed by atoms with Crippen molar-refractivity contribution in [3.05, 3.63) is 15.6 Å². The summed E-state index contributed by atoms with van der Waals surface area (Å²) in [6.07, 6.45) is 4.99. The highest BCUT2D eigenvalue weighted by Crippen LogP contribution is 2.36. The van der Waals surface area contributed by atoms with E-state index >= 15 is 0 Å². The quantitative estimate of drug-likeness (QED) is 0.683. The molecule has 1 unspecified atom stereocenters. The summed E-state index contributed by atoms with van der Waals surface area (Å²) in [5, 5.41) is 1.36. The Morgan fingerprint density at radius 1 is 1.58 bits per heavy atom. The molecule has 0 saturated carbocycles. The molecule has 0 aromatic carbocycles. The van der Waals surface area contributed by atoms with Crippen molar-refractivity contribution in [1.82, 2.24) is 4.98 Å². The van der Waals surface area contributed by atoms with Crippen LogP contribution in [0.25, 0.3) is 0 Å². The van der Waals surface area contributed by atoms with E-state index in [9.17, 15) is 0 Å². The van der Waals surface area contributed by atoms with Crippen molar-refractivity contribution < 1.29 is 0 Å². The second-order valence-corrected chi connectivity index (χ2v) is 4.77. The SMILES string of the molecule is CCCc1nc2c(s1)CCC2C. The van der Waals surface area contributed by atoms with E-state index in [0.29, 0.717) is 0 Å². The van der Waals surface area contributed by atoms with Crippen LogP contribution in [0.3, 0.4) is 0 Å². The fourth-order valence-electron chi connectivity index (χ4n) is 1.78. The average Bonchev–Trinajstić information content (AvgIpc) is 2.55.